The second-order valence-corrected chi connectivity index (χ2v) is 7.41. The number of aliphatic hydroxyl groups is 1. The van der Waals surface area contributed by atoms with E-state index in [0.717, 1.165) is 57.6 Å². The molecule has 0 spiro atoms. The van der Waals surface area contributed by atoms with Gasteiger partial charge < -0.3 is 20.2 Å². The SMILES string of the molecule is CC(=O)N1CCCCC(O)(CN2CCC(Nc3ccncn3)CC2)C1. The Morgan fingerprint density at radius 2 is 2.16 bits per heavy atom. The van der Waals surface area contributed by atoms with Crippen molar-refractivity contribution in [3.8, 4) is 0 Å². The third kappa shape index (κ3) is 5.12. The van der Waals surface area contributed by atoms with E-state index in [9.17, 15) is 9.90 Å². The molecule has 0 radical (unpaired) electrons. The molecule has 1 atom stereocenters. The van der Waals surface area contributed by atoms with Crippen LogP contribution in [0.5, 0.6) is 0 Å². The number of nitrogens with one attached hydrogen (secondary N) is 1. The van der Waals surface area contributed by atoms with E-state index >= 15 is 0 Å². The predicted molar refractivity (Wildman–Crippen MR) is 96.2 cm³/mol. The van der Waals surface area contributed by atoms with Crippen molar-refractivity contribution >= 4 is 11.7 Å². The van der Waals surface area contributed by atoms with Crippen molar-refractivity contribution in [1.29, 1.82) is 0 Å². The molecular formula is C18H29N5O2. The van der Waals surface area contributed by atoms with Gasteiger partial charge in [0.25, 0.3) is 0 Å². The molecule has 3 rings (SSSR count). The fraction of sp³-hybridized carbons (Fsp3) is 0.722. The zero-order valence-electron chi connectivity index (χ0n) is 15.0. The van der Waals surface area contributed by atoms with Crippen molar-refractivity contribution in [1.82, 2.24) is 19.8 Å². The Hall–Kier alpha value is -1.73. The summed E-state index contributed by atoms with van der Waals surface area (Å²) in [4.78, 5) is 24.0. The molecule has 2 N–H and O–H groups in total. The summed E-state index contributed by atoms with van der Waals surface area (Å²) in [6.45, 7) is 5.37. The number of rotatable bonds is 4. The van der Waals surface area contributed by atoms with Gasteiger partial charge in [0, 0.05) is 45.3 Å². The van der Waals surface area contributed by atoms with Crippen LogP contribution in [0.15, 0.2) is 18.6 Å². The summed E-state index contributed by atoms with van der Waals surface area (Å²) in [5.74, 6) is 0.932. The van der Waals surface area contributed by atoms with Gasteiger partial charge in [-0.2, -0.15) is 0 Å². The standard InChI is InChI=1S/C18H29N5O2/c1-15(24)23-9-3-2-7-18(25,13-23)12-22-10-5-16(6-11-22)21-17-4-8-19-14-20-17/h4,8,14,16,25H,2-3,5-7,9-13H2,1H3,(H,19,20,21). The van der Waals surface area contributed by atoms with Crippen LogP contribution in [-0.2, 0) is 4.79 Å². The van der Waals surface area contributed by atoms with Crippen molar-refractivity contribution in [2.45, 2.75) is 50.7 Å². The molecular weight excluding hydrogens is 318 g/mol. The number of amides is 1. The lowest BCUT2D eigenvalue weighted by Crippen LogP contribution is -2.53. The Morgan fingerprint density at radius 1 is 1.36 bits per heavy atom. The normalized spacial score (nSPS) is 26.2. The van der Waals surface area contributed by atoms with Crippen LogP contribution in [0.2, 0.25) is 0 Å². The molecule has 1 unspecified atom stereocenters. The third-order valence-electron chi connectivity index (χ3n) is 5.29. The van der Waals surface area contributed by atoms with Gasteiger partial charge in [-0.3, -0.25) is 4.79 Å². The van der Waals surface area contributed by atoms with Gasteiger partial charge >= 0.3 is 0 Å². The molecule has 25 heavy (non-hydrogen) atoms. The van der Waals surface area contributed by atoms with Crippen LogP contribution in [0.25, 0.3) is 0 Å². The Kier molecular flexibility index (Phi) is 5.86. The number of carbonyl (C=O) groups excluding carboxylic acids is 1. The van der Waals surface area contributed by atoms with E-state index in [2.05, 4.69) is 20.2 Å². The number of hydrogen-bond acceptors (Lipinski definition) is 6. The predicted octanol–water partition coefficient (Wildman–Crippen LogP) is 1.12. The molecule has 2 saturated heterocycles. The minimum Gasteiger partial charge on any atom is -0.387 e. The average molecular weight is 347 g/mol. The number of hydrogen-bond donors (Lipinski definition) is 2. The van der Waals surface area contributed by atoms with Crippen molar-refractivity contribution in [3.05, 3.63) is 18.6 Å². The van der Waals surface area contributed by atoms with E-state index in [1.165, 1.54) is 0 Å². The summed E-state index contributed by atoms with van der Waals surface area (Å²) in [6, 6.07) is 2.29. The highest BCUT2D eigenvalue weighted by Gasteiger charge is 2.35. The Bertz CT molecular complexity index is 562. The monoisotopic (exact) mass is 347 g/mol. The van der Waals surface area contributed by atoms with Gasteiger partial charge in [-0.15, -0.1) is 0 Å². The Labute approximate surface area is 149 Å². The number of β-amino-alcohol motifs (C(OH)–C–C–N with tert-alkyl or cyclic N) is 1. The van der Waals surface area contributed by atoms with Gasteiger partial charge in [-0.25, -0.2) is 9.97 Å². The molecule has 0 saturated carbocycles. The first-order valence-corrected chi connectivity index (χ1v) is 9.27. The zero-order chi connectivity index (χ0) is 17.7. The molecule has 1 aromatic rings. The molecule has 0 bridgehead atoms. The fourth-order valence-electron chi connectivity index (χ4n) is 3.90. The second kappa shape index (κ2) is 8.10. The first kappa shape index (κ1) is 18.1. The van der Waals surface area contributed by atoms with E-state index < -0.39 is 5.60 Å². The molecule has 1 amide bonds. The number of aromatic nitrogens is 2. The molecule has 3 heterocycles. The van der Waals surface area contributed by atoms with Crippen LogP contribution in [-0.4, -0.2) is 75.1 Å². The summed E-state index contributed by atoms with van der Waals surface area (Å²) < 4.78 is 0. The Balaban J connectivity index is 1.50. The van der Waals surface area contributed by atoms with Gasteiger partial charge in [-0.05, 0) is 38.2 Å². The van der Waals surface area contributed by atoms with Crippen molar-refractivity contribution in [2.24, 2.45) is 0 Å². The second-order valence-electron chi connectivity index (χ2n) is 7.41. The zero-order valence-corrected chi connectivity index (χ0v) is 15.0. The maximum atomic E-state index is 11.7. The molecule has 2 fully saturated rings. The highest BCUT2D eigenvalue weighted by Crippen LogP contribution is 2.24. The fourth-order valence-corrected chi connectivity index (χ4v) is 3.90. The minimum atomic E-state index is -0.783. The molecule has 2 aliphatic rings. The van der Waals surface area contributed by atoms with Gasteiger partial charge in [0.15, 0.2) is 0 Å². The number of carbonyl (C=O) groups is 1. The summed E-state index contributed by atoms with van der Waals surface area (Å²) >= 11 is 0. The first-order chi connectivity index (χ1) is 12.0. The molecule has 0 aliphatic carbocycles. The quantitative estimate of drug-likeness (QED) is 0.849. The van der Waals surface area contributed by atoms with E-state index in [-0.39, 0.29) is 5.91 Å². The van der Waals surface area contributed by atoms with Gasteiger partial charge in [0.1, 0.15) is 12.1 Å². The summed E-state index contributed by atoms with van der Waals surface area (Å²) in [7, 11) is 0. The topological polar surface area (TPSA) is 81.6 Å². The van der Waals surface area contributed by atoms with Gasteiger partial charge in [0.05, 0.1) is 12.1 Å². The number of piperidine rings is 1. The summed E-state index contributed by atoms with van der Waals surface area (Å²) in [5, 5.41) is 14.5. The molecule has 1 aromatic heterocycles. The highest BCUT2D eigenvalue weighted by molar-refractivity contribution is 5.73. The number of nitrogens with zero attached hydrogens (tertiary/aromatic N) is 4. The first-order valence-electron chi connectivity index (χ1n) is 9.27. The summed E-state index contributed by atoms with van der Waals surface area (Å²) in [6.07, 6.45) is 8.08. The van der Waals surface area contributed by atoms with Crippen LogP contribution in [0.4, 0.5) is 5.82 Å². The number of likely N-dealkylation sites (tertiary alicyclic amines) is 2. The summed E-state index contributed by atoms with van der Waals surface area (Å²) in [5.41, 5.74) is -0.783. The van der Waals surface area contributed by atoms with E-state index in [1.807, 2.05) is 6.07 Å². The highest BCUT2D eigenvalue weighted by atomic mass is 16.3. The maximum absolute atomic E-state index is 11.7. The maximum Gasteiger partial charge on any atom is 0.219 e. The van der Waals surface area contributed by atoms with Crippen molar-refractivity contribution in [2.75, 3.05) is 38.0 Å². The molecule has 0 aromatic carbocycles. The third-order valence-corrected chi connectivity index (χ3v) is 5.29. The molecule has 7 nitrogen and oxygen atoms in total. The van der Waals surface area contributed by atoms with Crippen LogP contribution in [0.3, 0.4) is 0 Å². The van der Waals surface area contributed by atoms with E-state index in [0.29, 0.717) is 19.1 Å². The van der Waals surface area contributed by atoms with Crippen LogP contribution >= 0.6 is 0 Å². The Morgan fingerprint density at radius 3 is 2.84 bits per heavy atom. The lowest BCUT2D eigenvalue weighted by molar-refractivity contribution is -0.132. The van der Waals surface area contributed by atoms with E-state index in [4.69, 9.17) is 0 Å². The molecule has 2 aliphatic heterocycles. The van der Waals surface area contributed by atoms with Crippen molar-refractivity contribution < 1.29 is 9.90 Å². The largest absolute Gasteiger partial charge is 0.387 e. The number of anilines is 1. The minimum absolute atomic E-state index is 0.0630. The van der Waals surface area contributed by atoms with Crippen LogP contribution in [0.1, 0.15) is 39.0 Å². The van der Waals surface area contributed by atoms with Crippen molar-refractivity contribution in [3.63, 3.8) is 0 Å². The lowest BCUT2D eigenvalue weighted by atomic mass is 9.95. The lowest BCUT2D eigenvalue weighted by Gasteiger charge is -2.39. The van der Waals surface area contributed by atoms with E-state index in [1.54, 1.807) is 24.3 Å². The van der Waals surface area contributed by atoms with Gasteiger partial charge in [-0.1, -0.05) is 0 Å². The van der Waals surface area contributed by atoms with Gasteiger partial charge in [0.2, 0.25) is 5.91 Å². The van der Waals surface area contributed by atoms with Crippen LogP contribution in [0, 0.1) is 0 Å². The average Bonchev–Trinajstić information content (AvgIpc) is 2.80. The van der Waals surface area contributed by atoms with Crippen LogP contribution < -0.4 is 5.32 Å². The molecule has 138 valence electrons. The smallest absolute Gasteiger partial charge is 0.219 e. The molecule has 7 heteroatoms.